The fourth-order valence-electron chi connectivity index (χ4n) is 2.73. The highest BCUT2D eigenvalue weighted by molar-refractivity contribution is 5.26. The SMILES string of the molecule is Cc1ccc(C(C)(O)CN2CCCCCC2)cc1. The van der Waals surface area contributed by atoms with Crippen LogP contribution in [0.3, 0.4) is 0 Å². The zero-order valence-electron chi connectivity index (χ0n) is 11.7. The lowest BCUT2D eigenvalue weighted by atomic mass is 9.94. The Bertz CT molecular complexity index is 361. The summed E-state index contributed by atoms with van der Waals surface area (Å²) in [5, 5.41) is 10.7. The molecule has 0 radical (unpaired) electrons. The molecule has 18 heavy (non-hydrogen) atoms. The van der Waals surface area contributed by atoms with Crippen LogP contribution in [-0.4, -0.2) is 29.6 Å². The van der Waals surface area contributed by atoms with Crippen molar-refractivity contribution in [3.8, 4) is 0 Å². The first-order valence-electron chi connectivity index (χ1n) is 7.10. The van der Waals surface area contributed by atoms with Crippen LogP contribution in [0.5, 0.6) is 0 Å². The lowest BCUT2D eigenvalue weighted by Crippen LogP contribution is -2.39. The largest absolute Gasteiger partial charge is 0.384 e. The van der Waals surface area contributed by atoms with E-state index in [0.29, 0.717) is 0 Å². The molecule has 0 spiro atoms. The Kier molecular flexibility index (Phi) is 4.41. The smallest absolute Gasteiger partial charge is 0.0994 e. The molecule has 2 rings (SSSR count). The molecule has 1 aromatic carbocycles. The maximum Gasteiger partial charge on any atom is 0.0994 e. The van der Waals surface area contributed by atoms with E-state index in [1.807, 2.05) is 19.1 Å². The summed E-state index contributed by atoms with van der Waals surface area (Å²) in [7, 11) is 0. The van der Waals surface area contributed by atoms with Crippen molar-refractivity contribution in [1.29, 1.82) is 0 Å². The molecule has 100 valence electrons. The highest BCUT2D eigenvalue weighted by atomic mass is 16.3. The zero-order valence-corrected chi connectivity index (χ0v) is 11.7. The Morgan fingerprint density at radius 1 is 1.06 bits per heavy atom. The summed E-state index contributed by atoms with van der Waals surface area (Å²) in [6.07, 6.45) is 5.21. The van der Waals surface area contributed by atoms with Crippen LogP contribution in [-0.2, 0) is 5.60 Å². The molecule has 1 fully saturated rings. The molecule has 0 aliphatic carbocycles. The molecule has 1 unspecified atom stereocenters. The number of aryl methyl sites for hydroxylation is 1. The molecule has 0 amide bonds. The maximum atomic E-state index is 10.7. The highest BCUT2D eigenvalue weighted by Crippen LogP contribution is 2.23. The Hall–Kier alpha value is -0.860. The van der Waals surface area contributed by atoms with Crippen LogP contribution in [0, 0.1) is 6.92 Å². The van der Waals surface area contributed by atoms with Crippen molar-refractivity contribution >= 4 is 0 Å². The first-order chi connectivity index (χ1) is 8.58. The van der Waals surface area contributed by atoms with Gasteiger partial charge in [-0.25, -0.2) is 0 Å². The van der Waals surface area contributed by atoms with Crippen molar-refractivity contribution in [3.05, 3.63) is 35.4 Å². The molecule has 1 aromatic rings. The van der Waals surface area contributed by atoms with Gasteiger partial charge in [0.25, 0.3) is 0 Å². The molecule has 1 heterocycles. The van der Waals surface area contributed by atoms with E-state index in [2.05, 4.69) is 24.0 Å². The Labute approximate surface area is 111 Å². The summed E-state index contributed by atoms with van der Waals surface area (Å²) in [6, 6.07) is 8.25. The van der Waals surface area contributed by atoms with Gasteiger partial charge in [-0.05, 0) is 45.3 Å². The van der Waals surface area contributed by atoms with E-state index < -0.39 is 5.60 Å². The van der Waals surface area contributed by atoms with Crippen molar-refractivity contribution in [2.45, 2.75) is 45.1 Å². The van der Waals surface area contributed by atoms with E-state index in [0.717, 1.165) is 25.2 Å². The molecular weight excluding hydrogens is 222 g/mol. The number of β-amino-alcohol motifs (C(OH)–C–C–N with tert-alkyl or cyclic N) is 1. The number of aliphatic hydroxyl groups is 1. The first kappa shape index (κ1) is 13.6. The molecule has 2 heteroatoms. The van der Waals surface area contributed by atoms with Gasteiger partial charge < -0.3 is 10.0 Å². The van der Waals surface area contributed by atoms with Crippen LogP contribution in [0.4, 0.5) is 0 Å². The van der Waals surface area contributed by atoms with Crippen molar-refractivity contribution in [2.75, 3.05) is 19.6 Å². The van der Waals surface area contributed by atoms with E-state index >= 15 is 0 Å². The van der Waals surface area contributed by atoms with Crippen LogP contribution in [0.15, 0.2) is 24.3 Å². The highest BCUT2D eigenvalue weighted by Gasteiger charge is 2.26. The fourth-order valence-corrected chi connectivity index (χ4v) is 2.73. The summed E-state index contributed by atoms with van der Waals surface area (Å²) in [4.78, 5) is 2.41. The minimum absolute atomic E-state index is 0.738. The standard InChI is InChI=1S/C16H25NO/c1-14-7-9-15(10-8-14)16(2,18)13-17-11-5-3-4-6-12-17/h7-10,18H,3-6,11-13H2,1-2H3. The van der Waals surface area contributed by atoms with Gasteiger partial charge in [0.1, 0.15) is 0 Å². The quantitative estimate of drug-likeness (QED) is 0.887. The third-order valence-electron chi connectivity index (χ3n) is 3.90. The monoisotopic (exact) mass is 247 g/mol. The van der Waals surface area contributed by atoms with Gasteiger partial charge in [-0.3, -0.25) is 0 Å². The van der Waals surface area contributed by atoms with E-state index in [4.69, 9.17) is 0 Å². The van der Waals surface area contributed by atoms with Crippen LogP contribution in [0.1, 0.15) is 43.7 Å². The summed E-state index contributed by atoms with van der Waals surface area (Å²) >= 11 is 0. The number of hydrogen-bond acceptors (Lipinski definition) is 2. The summed E-state index contributed by atoms with van der Waals surface area (Å²) in [5.41, 5.74) is 1.53. The Balaban J connectivity index is 2.03. The molecule has 1 N–H and O–H groups in total. The van der Waals surface area contributed by atoms with E-state index in [9.17, 15) is 5.11 Å². The molecule has 1 aliphatic heterocycles. The van der Waals surface area contributed by atoms with E-state index in [1.54, 1.807) is 0 Å². The van der Waals surface area contributed by atoms with Gasteiger partial charge in [0.2, 0.25) is 0 Å². The fraction of sp³-hybridized carbons (Fsp3) is 0.625. The van der Waals surface area contributed by atoms with Gasteiger partial charge in [-0.15, -0.1) is 0 Å². The van der Waals surface area contributed by atoms with Crippen LogP contribution in [0.25, 0.3) is 0 Å². The summed E-state index contributed by atoms with van der Waals surface area (Å²) < 4.78 is 0. The second-order valence-electron chi connectivity index (χ2n) is 5.83. The number of nitrogens with zero attached hydrogens (tertiary/aromatic N) is 1. The minimum Gasteiger partial charge on any atom is -0.384 e. The average molecular weight is 247 g/mol. The lowest BCUT2D eigenvalue weighted by molar-refractivity contribution is 0.0168. The molecule has 1 aliphatic rings. The predicted octanol–water partition coefficient (Wildman–Crippen LogP) is 3.08. The van der Waals surface area contributed by atoms with Crippen molar-refractivity contribution in [3.63, 3.8) is 0 Å². The third kappa shape index (κ3) is 3.56. The third-order valence-corrected chi connectivity index (χ3v) is 3.90. The molecule has 1 atom stereocenters. The van der Waals surface area contributed by atoms with Gasteiger partial charge in [0.05, 0.1) is 5.60 Å². The summed E-state index contributed by atoms with van der Waals surface area (Å²) in [5.74, 6) is 0. The van der Waals surface area contributed by atoms with Crippen LogP contribution >= 0.6 is 0 Å². The molecule has 0 saturated carbocycles. The van der Waals surface area contributed by atoms with Crippen LogP contribution < -0.4 is 0 Å². The van der Waals surface area contributed by atoms with Gasteiger partial charge in [-0.1, -0.05) is 42.7 Å². The summed E-state index contributed by atoms with van der Waals surface area (Å²) in [6.45, 7) is 7.01. The number of hydrogen-bond donors (Lipinski definition) is 1. The molecule has 0 bridgehead atoms. The van der Waals surface area contributed by atoms with Gasteiger partial charge in [-0.2, -0.15) is 0 Å². The van der Waals surface area contributed by atoms with E-state index in [1.165, 1.54) is 31.2 Å². The number of likely N-dealkylation sites (tertiary alicyclic amines) is 1. The first-order valence-corrected chi connectivity index (χ1v) is 7.10. The second kappa shape index (κ2) is 5.85. The topological polar surface area (TPSA) is 23.5 Å². The second-order valence-corrected chi connectivity index (χ2v) is 5.83. The van der Waals surface area contributed by atoms with Gasteiger partial charge in [0.15, 0.2) is 0 Å². The van der Waals surface area contributed by atoms with Gasteiger partial charge >= 0.3 is 0 Å². The number of benzene rings is 1. The van der Waals surface area contributed by atoms with Crippen LogP contribution in [0.2, 0.25) is 0 Å². The normalized spacial score (nSPS) is 21.3. The zero-order chi connectivity index (χ0) is 13.0. The molecular formula is C16H25NO. The van der Waals surface area contributed by atoms with Crippen molar-refractivity contribution < 1.29 is 5.11 Å². The molecule has 0 aromatic heterocycles. The number of rotatable bonds is 3. The Morgan fingerprint density at radius 3 is 2.17 bits per heavy atom. The maximum absolute atomic E-state index is 10.7. The Morgan fingerprint density at radius 2 is 1.61 bits per heavy atom. The van der Waals surface area contributed by atoms with Crippen molar-refractivity contribution in [1.82, 2.24) is 4.90 Å². The van der Waals surface area contributed by atoms with E-state index in [-0.39, 0.29) is 0 Å². The van der Waals surface area contributed by atoms with Crippen molar-refractivity contribution in [2.24, 2.45) is 0 Å². The molecule has 2 nitrogen and oxygen atoms in total. The minimum atomic E-state index is -0.738. The molecule has 1 saturated heterocycles. The average Bonchev–Trinajstić information content (AvgIpc) is 2.57. The van der Waals surface area contributed by atoms with Gasteiger partial charge in [0, 0.05) is 6.54 Å². The predicted molar refractivity (Wildman–Crippen MR) is 75.7 cm³/mol. The lowest BCUT2D eigenvalue weighted by Gasteiger charge is -2.31.